The first-order chi connectivity index (χ1) is 7.49. The Labute approximate surface area is 94.2 Å². The van der Waals surface area contributed by atoms with Crippen LogP contribution in [-0.4, -0.2) is 31.8 Å². The van der Waals surface area contributed by atoms with Crippen LogP contribution in [0.1, 0.15) is 5.56 Å². The van der Waals surface area contributed by atoms with Crippen LogP contribution in [0.3, 0.4) is 0 Å². The highest BCUT2D eigenvalue weighted by Gasteiger charge is 2.14. The molecule has 0 fully saturated rings. The zero-order valence-electron chi connectivity index (χ0n) is 8.59. The fourth-order valence-corrected chi connectivity index (χ4v) is 2.05. The number of carboxylic acids is 1. The van der Waals surface area contributed by atoms with Crippen molar-refractivity contribution in [3.63, 3.8) is 0 Å². The molecule has 88 valence electrons. The van der Waals surface area contributed by atoms with Gasteiger partial charge in [0.2, 0.25) is 10.0 Å². The highest BCUT2D eigenvalue weighted by Crippen LogP contribution is 1.98. The lowest BCUT2D eigenvalue weighted by Gasteiger charge is -2.04. The van der Waals surface area contributed by atoms with Gasteiger partial charge in [-0.2, -0.15) is 0 Å². The molecule has 0 aliphatic carbocycles. The smallest absolute Gasteiger partial charge is 0.320 e. The molecule has 5 nitrogen and oxygen atoms in total. The van der Waals surface area contributed by atoms with Crippen molar-refractivity contribution in [3.05, 3.63) is 35.9 Å². The molecular formula is C10H13NO4S. The van der Waals surface area contributed by atoms with Crippen LogP contribution in [-0.2, 0) is 21.2 Å². The molecule has 0 atom stereocenters. The maximum atomic E-state index is 11.1. The number of carbonyl (C=O) groups is 1. The van der Waals surface area contributed by atoms with Crippen molar-refractivity contribution in [1.29, 1.82) is 0 Å². The van der Waals surface area contributed by atoms with E-state index in [0.717, 1.165) is 5.56 Å². The molecule has 0 aliphatic heterocycles. The number of aliphatic carboxylic acids is 1. The summed E-state index contributed by atoms with van der Waals surface area (Å²) in [6.45, 7) is 0.208. The zero-order valence-corrected chi connectivity index (χ0v) is 9.40. The van der Waals surface area contributed by atoms with Gasteiger partial charge in [-0.1, -0.05) is 30.3 Å². The van der Waals surface area contributed by atoms with Crippen LogP contribution in [0.5, 0.6) is 0 Å². The summed E-state index contributed by atoms with van der Waals surface area (Å²) >= 11 is 0. The van der Waals surface area contributed by atoms with E-state index in [-0.39, 0.29) is 6.54 Å². The Morgan fingerprint density at radius 3 is 2.44 bits per heavy atom. The molecule has 1 aromatic carbocycles. The Morgan fingerprint density at radius 1 is 1.25 bits per heavy atom. The molecule has 1 rings (SSSR count). The average molecular weight is 243 g/mol. The Bertz CT molecular complexity index is 441. The predicted molar refractivity (Wildman–Crippen MR) is 59.6 cm³/mol. The van der Waals surface area contributed by atoms with Gasteiger partial charge in [0.05, 0.1) is 0 Å². The highest BCUT2D eigenvalue weighted by molar-refractivity contribution is 7.90. The third-order valence-corrected chi connectivity index (χ3v) is 3.16. The van der Waals surface area contributed by atoms with Gasteiger partial charge in [0.25, 0.3) is 0 Å². The minimum atomic E-state index is -3.70. The van der Waals surface area contributed by atoms with Crippen molar-refractivity contribution < 1.29 is 18.3 Å². The van der Waals surface area contributed by atoms with Gasteiger partial charge in [0, 0.05) is 6.54 Å². The summed E-state index contributed by atoms with van der Waals surface area (Å²) in [4.78, 5) is 10.2. The van der Waals surface area contributed by atoms with Crippen LogP contribution >= 0.6 is 0 Å². The molecule has 0 saturated carbocycles. The molecule has 0 bridgehead atoms. The highest BCUT2D eigenvalue weighted by atomic mass is 32.2. The van der Waals surface area contributed by atoms with Crippen molar-refractivity contribution >= 4 is 16.0 Å². The van der Waals surface area contributed by atoms with E-state index in [2.05, 4.69) is 4.72 Å². The van der Waals surface area contributed by atoms with E-state index >= 15 is 0 Å². The average Bonchev–Trinajstić information content (AvgIpc) is 2.16. The molecule has 0 unspecified atom stereocenters. The molecule has 0 aromatic heterocycles. The fraction of sp³-hybridized carbons (Fsp3) is 0.300. The third kappa shape index (κ3) is 4.90. The van der Waals surface area contributed by atoms with Gasteiger partial charge in [-0.3, -0.25) is 4.79 Å². The number of rotatable bonds is 6. The SMILES string of the molecule is O=C(O)CS(=O)(=O)NCCc1ccccc1. The van der Waals surface area contributed by atoms with Crippen molar-refractivity contribution in [1.82, 2.24) is 4.72 Å². The summed E-state index contributed by atoms with van der Waals surface area (Å²) in [6.07, 6.45) is 0.541. The molecule has 1 aromatic rings. The standard InChI is InChI=1S/C10H13NO4S/c12-10(13)8-16(14,15)11-7-6-9-4-2-1-3-5-9/h1-5,11H,6-8H2,(H,12,13). The molecule has 16 heavy (non-hydrogen) atoms. The first-order valence-corrected chi connectivity index (χ1v) is 6.38. The van der Waals surface area contributed by atoms with Gasteiger partial charge in [-0.25, -0.2) is 13.1 Å². The maximum absolute atomic E-state index is 11.1. The van der Waals surface area contributed by atoms with Crippen LogP contribution < -0.4 is 4.72 Å². The quantitative estimate of drug-likeness (QED) is 0.749. The Balaban J connectivity index is 2.39. The number of nitrogens with one attached hydrogen (secondary N) is 1. The molecule has 0 saturated heterocycles. The van der Waals surface area contributed by atoms with Crippen molar-refractivity contribution in [2.75, 3.05) is 12.3 Å². The van der Waals surface area contributed by atoms with Gasteiger partial charge in [-0.15, -0.1) is 0 Å². The van der Waals surface area contributed by atoms with Crippen LogP contribution in [0.4, 0.5) is 0 Å². The van der Waals surface area contributed by atoms with Gasteiger partial charge >= 0.3 is 5.97 Å². The van der Waals surface area contributed by atoms with Crippen LogP contribution in [0.25, 0.3) is 0 Å². The van der Waals surface area contributed by atoms with Gasteiger partial charge in [-0.05, 0) is 12.0 Å². The summed E-state index contributed by atoms with van der Waals surface area (Å²) in [6, 6.07) is 9.36. The van der Waals surface area contributed by atoms with E-state index in [1.807, 2.05) is 30.3 Å². The van der Waals surface area contributed by atoms with Crippen molar-refractivity contribution in [2.45, 2.75) is 6.42 Å². The number of hydrogen-bond donors (Lipinski definition) is 2. The monoisotopic (exact) mass is 243 g/mol. The Hall–Kier alpha value is -1.40. The summed E-state index contributed by atoms with van der Waals surface area (Å²) in [5.41, 5.74) is 1.00. The third-order valence-electron chi connectivity index (χ3n) is 1.89. The topological polar surface area (TPSA) is 83.5 Å². The van der Waals surface area contributed by atoms with Crippen molar-refractivity contribution in [2.24, 2.45) is 0 Å². The van der Waals surface area contributed by atoms with Crippen LogP contribution in [0.15, 0.2) is 30.3 Å². The number of sulfonamides is 1. The summed E-state index contributed by atoms with van der Waals surface area (Å²) < 4.78 is 24.5. The minimum absolute atomic E-state index is 0.208. The normalized spacial score (nSPS) is 11.2. The van der Waals surface area contributed by atoms with E-state index in [9.17, 15) is 13.2 Å². The van der Waals surface area contributed by atoms with E-state index in [1.54, 1.807) is 0 Å². The second kappa shape index (κ2) is 5.62. The van der Waals surface area contributed by atoms with E-state index in [1.165, 1.54) is 0 Å². The predicted octanol–water partition coefficient (Wildman–Crippen LogP) is 0.233. The zero-order chi connectivity index (χ0) is 12.0. The van der Waals surface area contributed by atoms with Gasteiger partial charge in [0.1, 0.15) is 0 Å². The second-order valence-corrected chi connectivity index (χ2v) is 5.09. The number of carboxylic acid groups (broad SMARTS) is 1. The Kier molecular flexibility index (Phi) is 4.45. The van der Waals surface area contributed by atoms with E-state index < -0.39 is 21.7 Å². The first-order valence-electron chi connectivity index (χ1n) is 4.73. The second-order valence-electron chi connectivity index (χ2n) is 3.28. The minimum Gasteiger partial charge on any atom is -0.480 e. The molecule has 0 radical (unpaired) electrons. The van der Waals surface area contributed by atoms with Gasteiger partial charge in [0.15, 0.2) is 5.75 Å². The lowest BCUT2D eigenvalue weighted by molar-refractivity contribution is -0.134. The van der Waals surface area contributed by atoms with E-state index in [0.29, 0.717) is 6.42 Å². The fourth-order valence-electron chi connectivity index (χ4n) is 1.21. The molecule has 6 heteroatoms. The first kappa shape index (κ1) is 12.7. The lowest BCUT2D eigenvalue weighted by atomic mass is 10.2. The largest absolute Gasteiger partial charge is 0.480 e. The number of hydrogen-bond acceptors (Lipinski definition) is 3. The number of benzene rings is 1. The molecule has 0 amide bonds. The summed E-state index contributed by atoms with van der Waals surface area (Å²) in [7, 11) is -3.70. The molecular weight excluding hydrogens is 230 g/mol. The van der Waals surface area contributed by atoms with Crippen molar-refractivity contribution in [3.8, 4) is 0 Å². The molecule has 0 heterocycles. The molecule has 0 aliphatic rings. The molecule has 2 N–H and O–H groups in total. The lowest BCUT2D eigenvalue weighted by Crippen LogP contribution is -2.31. The Morgan fingerprint density at radius 2 is 1.88 bits per heavy atom. The summed E-state index contributed by atoms with van der Waals surface area (Å²) in [5, 5.41) is 8.35. The van der Waals surface area contributed by atoms with E-state index in [4.69, 9.17) is 5.11 Å². The summed E-state index contributed by atoms with van der Waals surface area (Å²) in [5.74, 6) is -2.24. The van der Waals surface area contributed by atoms with Crippen LogP contribution in [0.2, 0.25) is 0 Å². The van der Waals surface area contributed by atoms with Gasteiger partial charge < -0.3 is 5.11 Å². The maximum Gasteiger partial charge on any atom is 0.320 e. The van der Waals surface area contributed by atoms with Crippen LogP contribution in [0, 0.1) is 0 Å². The molecule has 0 spiro atoms.